The second-order valence-corrected chi connectivity index (χ2v) is 7.97. The summed E-state index contributed by atoms with van der Waals surface area (Å²) in [7, 11) is 0. The van der Waals surface area contributed by atoms with E-state index in [9.17, 15) is 10.1 Å². The van der Waals surface area contributed by atoms with Gasteiger partial charge in [-0.3, -0.25) is 4.79 Å². The molecule has 142 valence electrons. The molecule has 0 saturated heterocycles. The molecule has 2 N–H and O–H groups in total. The minimum Gasteiger partial charge on any atom is -0.444 e. The van der Waals surface area contributed by atoms with Crippen molar-refractivity contribution >= 4 is 11.5 Å². The van der Waals surface area contributed by atoms with Crippen LogP contribution in [0.4, 0.5) is 5.69 Å². The Balaban J connectivity index is 2.07. The zero-order valence-electron chi connectivity index (χ0n) is 16.5. The Kier molecular flexibility index (Phi) is 5.01. The number of hydrogen-bond donors (Lipinski definition) is 1. The number of allylic oxidation sites excluding steroid dienone is 3. The molecule has 0 unspecified atom stereocenters. The lowest BCUT2D eigenvalue weighted by Crippen LogP contribution is -2.33. The molecule has 1 aliphatic heterocycles. The second kappa shape index (κ2) is 7.11. The van der Waals surface area contributed by atoms with Crippen molar-refractivity contribution in [1.29, 1.82) is 5.26 Å². The number of ether oxygens (including phenoxy) is 1. The van der Waals surface area contributed by atoms with E-state index in [-0.39, 0.29) is 17.1 Å². The monoisotopic (exact) mass is 365 g/mol. The maximum absolute atomic E-state index is 12.9. The van der Waals surface area contributed by atoms with Crippen molar-refractivity contribution in [2.75, 3.05) is 18.0 Å². The average Bonchev–Trinajstić information content (AvgIpc) is 2.61. The number of nitrogens with zero attached hydrogens (tertiary/aromatic N) is 2. The summed E-state index contributed by atoms with van der Waals surface area (Å²) in [5.41, 5.74) is 8.82. The lowest BCUT2D eigenvalue weighted by atomic mass is 9.70. The van der Waals surface area contributed by atoms with Crippen LogP contribution in [0.25, 0.3) is 0 Å². The lowest BCUT2D eigenvalue weighted by molar-refractivity contribution is -0.119. The van der Waals surface area contributed by atoms with Gasteiger partial charge in [0.1, 0.15) is 17.4 Å². The molecule has 1 heterocycles. The van der Waals surface area contributed by atoms with Crippen molar-refractivity contribution in [2.45, 2.75) is 46.5 Å². The van der Waals surface area contributed by atoms with Gasteiger partial charge in [0.25, 0.3) is 0 Å². The standard InChI is InChI=1S/C22H27N3O2/c1-5-25(6-2)15-9-7-14(8-10-15)19-16(13-23)21(24)27-18-12-22(3,4)11-17(26)20(18)19/h7-10,19H,5-6,11-12,24H2,1-4H3/t19-/m1/s1. The number of rotatable bonds is 4. The van der Waals surface area contributed by atoms with Crippen LogP contribution in [-0.2, 0) is 9.53 Å². The van der Waals surface area contributed by atoms with Gasteiger partial charge in [-0.1, -0.05) is 26.0 Å². The molecule has 3 rings (SSSR count). The van der Waals surface area contributed by atoms with E-state index < -0.39 is 5.92 Å². The molecule has 1 aromatic rings. The van der Waals surface area contributed by atoms with E-state index in [4.69, 9.17) is 10.5 Å². The Labute approximate surface area is 161 Å². The molecule has 0 radical (unpaired) electrons. The highest BCUT2D eigenvalue weighted by molar-refractivity contribution is 6.00. The molecule has 5 heteroatoms. The molecule has 1 aliphatic carbocycles. The van der Waals surface area contributed by atoms with Crippen LogP contribution >= 0.6 is 0 Å². The Hall–Kier alpha value is -2.74. The number of nitriles is 1. The summed E-state index contributed by atoms with van der Waals surface area (Å²) < 4.78 is 5.73. The first kappa shape index (κ1) is 19.0. The fraction of sp³-hybridized carbons (Fsp3) is 0.455. The maximum atomic E-state index is 12.9. The van der Waals surface area contributed by atoms with Gasteiger partial charge in [-0.05, 0) is 37.0 Å². The molecule has 0 bridgehead atoms. The van der Waals surface area contributed by atoms with E-state index in [0.717, 1.165) is 24.3 Å². The number of carbonyl (C=O) groups excluding carboxylic acids is 1. The van der Waals surface area contributed by atoms with E-state index in [1.165, 1.54) is 0 Å². The smallest absolute Gasteiger partial charge is 0.205 e. The summed E-state index contributed by atoms with van der Waals surface area (Å²) >= 11 is 0. The van der Waals surface area contributed by atoms with Crippen LogP contribution in [0.3, 0.4) is 0 Å². The molecular formula is C22H27N3O2. The van der Waals surface area contributed by atoms with Crippen molar-refractivity contribution in [3.8, 4) is 6.07 Å². The van der Waals surface area contributed by atoms with Gasteiger partial charge in [-0.25, -0.2) is 0 Å². The van der Waals surface area contributed by atoms with Crippen LogP contribution in [-0.4, -0.2) is 18.9 Å². The SMILES string of the molecule is CCN(CC)c1ccc([C@@H]2C(C#N)=C(N)OC3=C2C(=O)CC(C)(C)C3)cc1. The molecule has 1 aromatic carbocycles. The molecule has 5 nitrogen and oxygen atoms in total. The van der Waals surface area contributed by atoms with E-state index in [1.807, 2.05) is 38.1 Å². The van der Waals surface area contributed by atoms with Crippen LogP contribution in [0, 0.1) is 16.7 Å². The highest BCUT2D eigenvalue weighted by Crippen LogP contribution is 2.47. The summed E-state index contributed by atoms with van der Waals surface area (Å²) in [6.07, 6.45) is 1.09. The minimum absolute atomic E-state index is 0.0410. The van der Waals surface area contributed by atoms with E-state index in [2.05, 4.69) is 24.8 Å². The van der Waals surface area contributed by atoms with Crippen LogP contribution in [0.1, 0.15) is 52.0 Å². The number of carbonyl (C=O) groups is 1. The van der Waals surface area contributed by atoms with Gasteiger partial charge in [-0.15, -0.1) is 0 Å². The van der Waals surface area contributed by atoms with E-state index >= 15 is 0 Å². The Morgan fingerprint density at radius 1 is 1.22 bits per heavy atom. The quantitative estimate of drug-likeness (QED) is 0.873. The van der Waals surface area contributed by atoms with Gasteiger partial charge in [0.2, 0.25) is 5.88 Å². The molecule has 0 fully saturated rings. The number of hydrogen-bond acceptors (Lipinski definition) is 5. The van der Waals surface area contributed by atoms with Crippen LogP contribution in [0.2, 0.25) is 0 Å². The maximum Gasteiger partial charge on any atom is 0.205 e. The van der Waals surface area contributed by atoms with Crippen LogP contribution in [0.5, 0.6) is 0 Å². The van der Waals surface area contributed by atoms with Crippen molar-refractivity contribution in [3.63, 3.8) is 0 Å². The predicted octanol–water partition coefficient (Wildman–Crippen LogP) is 3.98. The first-order chi connectivity index (χ1) is 12.8. The van der Waals surface area contributed by atoms with Gasteiger partial charge >= 0.3 is 0 Å². The first-order valence-electron chi connectivity index (χ1n) is 9.50. The van der Waals surface area contributed by atoms with Crippen LogP contribution < -0.4 is 10.6 Å². The number of anilines is 1. The minimum atomic E-state index is -0.451. The highest BCUT2D eigenvalue weighted by atomic mass is 16.5. The third kappa shape index (κ3) is 3.44. The number of benzene rings is 1. The zero-order valence-corrected chi connectivity index (χ0v) is 16.5. The topological polar surface area (TPSA) is 79.3 Å². The van der Waals surface area contributed by atoms with Crippen molar-refractivity contribution in [1.82, 2.24) is 0 Å². The summed E-state index contributed by atoms with van der Waals surface area (Å²) in [6.45, 7) is 10.2. The molecule has 27 heavy (non-hydrogen) atoms. The van der Waals surface area contributed by atoms with Crippen molar-refractivity contribution in [2.24, 2.45) is 11.1 Å². The Morgan fingerprint density at radius 3 is 2.41 bits per heavy atom. The highest BCUT2D eigenvalue weighted by Gasteiger charge is 2.42. The molecule has 0 saturated carbocycles. The molecule has 0 aromatic heterocycles. The summed E-state index contributed by atoms with van der Waals surface area (Å²) in [5, 5.41) is 9.68. The molecule has 0 spiro atoms. The normalized spacial score (nSPS) is 21.4. The van der Waals surface area contributed by atoms with Gasteiger partial charge in [0.15, 0.2) is 5.78 Å². The third-order valence-electron chi connectivity index (χ3n) is 5.43. The number of ketones is 1. The summed E-state index contributed by atoms with van der Waals surface area (Å²) in [4.78, 5) is 15.2. The van der Waals surface area contributed by atoms with Gasteiger partial charge in [0.05, 0.1) is 5.92 Å². The Bertz CT molecular complexity index is 853. The average molecular weight is 365 g/mol. The zero-order chi connectivity index (χ0) is 19.8. The predicted molar refractivity (Wildman–Crippen MR) is 106 cm³/mol. The summed E-state index contributed by atoms with van der Waals surface area (Å²) in [5.74, 6) is 0.317. The fourth-order valence-corrected chi connectivity index (χ4v) is 4.08. The van der Waals surface area contributed by atoms with Crippen molar-refractivity contribution in [3.05, 3.63) is 52.6 Å². The molecule has 2 aliphatic rings. The Morgan fingerprint density at radius 2 is 1.85 bits per heavy atom. The summed E-state index contributed by atoms with van der Waals surface area (Å²) in [6, 6.07) is 10.2. The van der Waals surface area contributed by atoms with Crippen LogP contribution in [0.15, 0.2) is 47.1 Å². The lowest BCUT2D eigenvalue weighted by Gasteiger charge is -2.37. The number of Topliss-reactive ketones (excluding diaryl/α,β-unsaturated/α-hetero) is 1. The van der Waals surface area contributed by atoms with Gasteiger partial charge in [0, 0.05) is 37.2 Å². The molecule has 0 amide bonds. The van der Waals surface area contributed by atoms with Gasteiger partial charge < -0.3 is 15.4 Å². The van der Waals surface area contributed by atoms with Gasteiger partial charge in [-0.2, -0.15) is 5.26 Å². The largest absolute Gasteiger partial charge is 0.444 e. The second-order valence-electron chi connectivity index (χ2n) is 7.97. The van der Waals surface area contributed by atoms with Crippen molar-refractivity contribution < 1.29 is 9.53 Å². The molecular weight excluding hydrogens is 338 g/mol. The fourth-order valence-electron chi connectivity index (χ4n) is 4.08. The first-order valence-corrected chi connectivity index (χ1v) is 9.50. The third-order valence-corrected chi connectivity index (χ3v) is 5.43. The number of nitrogens with two attached hydrogens (primary N) is 1. The van der Waals surface area contributed by atoms with E-state index in [1.54, 1.807) is 0 Å². The van der Waals surface area contributed by atoms with E-state index in [0.29, 0.717) is 29.7 Å². The molecule has 1 atom stereocenters.